The van der Waals surface area contributed by atoms with Gasteiger partial charge >= 0.3 is 0 Å². The van der Waals surface area contributed by atoms with Gasteiger partial charge in [-0.1, -0.05) is 0 Å². The zero-order valence-electron chi connectivity index (χ0n) is 16.1. The van der Waals surface area contributed by atoms with Crippen LogP contribution < -0.4 is 13.8 Å². The van der Waals surface area contributed by atoms with E-state index in [0.29, 0.717) is 10.4 Å². The number of anilines is 2. The second-order valence-electron chi connectivity index (χ2n) is 7.27. The second-order valence-corrected chi connectivity index (χ2v) is 10.7. The van der Waals surface area contributed by atoms with Gasteiger partial charge in [-0.3, -0.25) is 9.52 Å². The molecule has 0 saturated carbocycles. The number of hydrogen-bond acceptors (Lipinski definition) is 6. The molecule has 0 spiro atoms. The van der Waals surface area contributed by atoms with Crippen molar-refractivity contribution in [3.8, 4) is 5.75 Å². The molecule has 1 N–H and O–H groups in total. The van der Waals surface area contributed by atoms with E-state index < -0.39 is 59.3 Å². The standard InChI is InChI=1S/C18H18F2N2O6S2/c1-18(2)10-29(24,25)22(17(18)23)12-5-7-15(28-3)16(9-12)30(26,27)21-14-6-4-11(19)8-13(14)20/h4-9,21H,10H2,1-3H3. The summed E-state index contributed by atoms with van der Waals surface area (Å²) in [5, 5.41) is 0. The number of methoxy groups -OCH3 is 1. The molecule has 0 aliphatic carbocycles. The third kappa shape index (κ3) is 3.84. The first kappa shape index (κ1) is 22.0. The van der Waals surface area contributed by atoms with Crippen LogP contribution in [0, 0.1) is 17.0 Å². The third-order valence-corrected chi connectivity index (χ3v) is 7.84. The maximum absolute atomic E-state index is 13.9. The molecule has 12 heteroatoms. The highest BCUT2D eigenvalue weighted by Crippen LogP contribution is 2.38. The summed E-state index contributed by atoms with van der Waals surface area (Å²) in [6, 6.07) is 5.62. The van der Waals surface area contributed by atoms with E-state index in [2.05, 4.69) is 0 Å². The van der Waals surface area contributed by atoms with Gasteiger partial charge in [0.2, 0.25) is 15.9 Å². The van der Waals surface area contributed by atoms with E-state index in [0.717, 1.165) is 18.2 Å². The SMILES string of the molecule is COc1ccc(N2C(=O)C(C)(C)CS2(=O)=O)cc1S(=O)(=O)Nc1ccc(F)cc1F. The number of carbonyl (C=O) groups excluding carboxylic acids is 1. The summed E-state index contributed by atoms with van der Waals surface area (Å²) in [5.74, 6) is -3.36. The van der Waals surface area contributed by atoms with Crippen molar-refractivity contribution in [2.75, 3.05) is 21.9 Å². The predicted octanol–water partition coefficient (Wildman–Crippen LogP) is 2.48. The first-order valence-corrected chi connectivity index (χ1v) is 11.6. The Kier molecular flexibility index (Phi) is 5.27. The van der Waals surface area contributed by atoms with E-state index in [4.69, 9.17) is 4.74 Å². The Balaban J connectivity index is 2.10. The van der Waals surface area contributed by atoms with Crippen LogP contribution in [0.3, 0.4) is 0 Å². The Hall–Kier alpha value is -2.73. The Morgan fingerprint density at radius 1 is 1.13 bits per heavy atom. The van der Waals surface area contributed by atoms with Crippen LogP contribution in [0.25, 0.3) is 0 Å². The lowest BCUT2D eigenvalue weighted by atomic mass is 9.95. The minimum absolute atomic E-state index is 0.169. The number of benzene rings is 2. The molecule has 0 radical (unpaired) electrons. The van der Waals surface area contributed by atoms with Gasteiger partial charge in [0, 0.05) is 6.07 Å². The molecule has 1 fully saturated rings. The molecule has 8 nitrogen and oxygen atoms in total. The summed E-state index contributed by atoms with van der Waals surface area (Å²) in [5.41, 5.74) is -1.91. The van der Waals surface area contributed by atoms with Crippen LogP contribution >= 0.6 is 0 Å². The monoisotopic (exact) mass is 460 g/mol. The second kappa shape index (κ2) is 7.20. The van der Waals surface area contributed by atoms with Gasteiger partial charge in [0.25, 0.3) is 10.0 Å². The molecular weight excluding hydrogens is 442 g/mol. The van der Waals surface area contributed by atoms with E-state index in [1.54, 1.807) is 0 Å². The highest BCUT2D eigenvalue weighted by molar-refractivity contribution is 7.94. The lowest BCUT2D eigenvalue weighted by molar-refractivity contribution is -0.123. The van der Waals surface area contributed by atoms with E-state index in [-0.39, 0.29) is 11.4 Å². The molecule has 162 valence electrons. The Labute approximate surface area is 172 Å². The van der Waals surface area contributed by atoms with Crippen LogP contribution in [0.4, 0.5) is 20.2 Å². The van der Waals surface area contributed by atoms with Crippen LogP contribution in [0.5, 0.6) is 5.75 Å². The lowest BCUT2D eigenvalue weighted by Crippen LogP contribution is -2.33. The van der Waals surface area contributed by atoms with Gasteiger partial charge in [0.05, 0.1) is 29.7 Å². The molecule has 30 heavy (non-hydrogen) atoms. The Morgan fingerprint density at radius 3 is 2.33 bits per heavy atom. The zero-order valence-corrected chi connectivity index (χ0v) is 17.8. The summed E-state index contributed by atoms with van der Waals surface area (Å²) in [4.78, 5) is 12.1. The number of amides is 1. The number of rotatable bonds is 5. The zero-order chi connectivity index (χ0) is 22.5. The van der Waals surface area contributed by atoms with E-state index in [1.807, 2.05) is 4.72 Å². The molecule has 2 aromatic carbocycles. The molecule has 1 saturated heterocycles. The minimum Gasteiger partial charge on any atom is -0.495 e. The molecule has 0 unspecified atom stereocenters. The fourth-order valence-corrected chi connectivity index (χ4v) is 6.39. The fourth-order valence-electron chi connectivity index (χ4n) is 3.04. The van der Waals surface area contributed by atoms with Crippen LogP contribution in [-0.2, 0) is 24.8 Å². The fraction of sp³-hybridized carbons (Fsp3) is 0.278. The molecule has 1 aliphatic rings. The van der Waals surface area contributed by atoms with Crippen LogP contribution in [0.1, 0.15) is 13.8 Å². The number of carbonyl (C=O) groups is 1. The number of hydrogen-bond donors (Lipinski definition) is 1. The normalized spacial score (nSPS) is 17.8. The maximum atomic E-state index is 13.9. The first-order valence-electron chi connectivity index (χ1n) is 8.52. The molecule has 3 rings (SSSR count). The van der Waals surface area contributed by atoms with Gasteiger partial charge in [0.15, 0.2) is 0 Å². The highest BCUT2D eigenvalue weighted by atomic mass is 32.2. The van der Waals surface area contributed by atoms with Crippen molar-refractivity contribution >= 4 is 37.3 Å². The molecule has 2 aromatic rings. The summed E-state index contributed by atoms with van der Waals surface area (Å²) >= 11 is 0. The van der Waals surface area contributed by atoms with Gasteiger partial charge in [-0.2, -0.15) is 0 Å². The predicted molar refractivity (Wildman–Crippen MR) is 105 cm³/mol. The number of sulfonamides is 2. The Morgan fingerprint density at radius 2 is 1.80 bits per heavy atom. The molecule has 1 amide bonds. The van der Waals surface area contributed by atoms with Crippen molar-refractivity contribution in [1.82, 2.24) is 0 Å². The summed E-state index contributed by atoms with van der Waals surface area (Å²) in [6.07, 6.45) is 0. The Bertz CT molecular complexity index is 1240. The largest absolute Gasteiger partial charge is 0.495 e. The smallest absolute Gasteiger partial charge is 0.265 e. The van der Waals surface area contributed by atoms with Crippen molar-refractivity contribution in [2.24, 2.45) is 5.41 Å². The molecular formula is C18H18F2N2O6S2. The van der Waals surface area contributed by atoms with Crippen LogP contribution in [-0.4, -0.2) is 35.6 Å². The van der Waals surface area contributed by atoms with E-state index >= 15 is 0 Å². The lowest BCUT2D eigenvalue weighted by Gasteiger charge is -2.19. The van der Waals surface area contributed by atoms with E-state index in [9.17, 15) is 30.4 Å². The maximum Gasteiger partial charge on any atom is 0.265 e. The third-order valence-electron chi connectivity index (χ3n) is 4.43. The van der Waals surface area contributed by atoms with Gasteiger partial charge in [-0.15, -0.1) is 0 Å². The molecule has 0 aromatic heterocycles. The number of ether oxygens (including phenoxy) is 1. The van der Waals surface area contributed by atoms with Crippen molar-refractivity contribution < 1.29 is 35.1 Å². The summed E-state index contributed by atoms with van der Waals surface area (Å²) in [6.45, 7) is 2.93. The quantitative estimate of drug-likeness (QED) is 0.734. The van der Waals surface area contributed by atoms with Gasteiger partial charge in [-0.05, 0) is 44.2 Å². The van der Waals surface area contributed by atoms with Crippen molar-refractivity contribution in [1.29, 1.82) is 0 Å². The van der Waals surface area contributed by atoms with E-state index in [1.165, 1.54) is 33.1 Å². The van der Waals surface area contributed by atoms with Crippen molar-refractivity contribution in [3.63, 3.8) is 0 Å². The molecule has 1 aliphatic heterocycles. The average molecular weight is 460 g/mol. The summed E-state index contributed by atoms with van der Waals surface area (Å²) < 4.78 is 85.2. The number of nitrogens with one attached hydrogen (secondary N) is 1. The number of halogens is 2. The minimum atomic E-state index is -4.50. The average Bonchev–Trinajstić information content (AvgIpc) is 2.79. The molecule has 0 atom stereocenters. The number of nitrogens with zero attached hydrogens (tertiary/aromatic N) is 1. The van der Waals surface area contributed by atoms with Crippen LogP contribution in [0.2, 0.25) is 0 Å². The van der Waals surface area contributed by atoms with Crippen molar-refractivity contribution in [3.05, 3.63) is 48.0 Å². The topological polar surface area (TPSA) is 110 Å². The highest BCUT2D eigenvalue weighted by Gasteiger charge is 2.50. The molecule has 0 bridgehead atoms. The molecule has 1 heterocycles. The van der Waals surface area contributed by atoms with Gasteiger partial charge in [0.1, 0.15) is 22.3 Å². The summed E-state index contributed by atoms with van der Waals surface area (Å²) in [7, 11) is -7.33. The van der Waals surface area contributed by atoms with Crippen molar-refractivity contribution in [2.45, 2.75) is 18.7 Å². The first-order chi connectivity index (χ1) is 13.8. The van der Waals surface area contributed by atoms with Crippen LogP contribution in [0.15, 0.2) is 41.3 Å². The van der Waals surface area contributed by atoms with Gasteiger partial charge in [-0.25, -0.2) is 29.9 Å². The van der Waals surface area contributed by atoms with Gasteiger partial charge < -0.3 is 4.74 Å².